The minimum Gasteiger partial charge on any atom is -0.465 e. The number of benzene rings is 3. The van der Waals surface area contributed by atoms with Crippen LogP contribution in [-0.2, 0) is 20.9 Å². The van der Waals surface area contributed by atoms with E-state index in [4.69, 9.17) is 4.74 Å². The Hall–Kier alpha value is -3.66. The first-order chi connectivity index (χ1) is 14.5. The van der Waals surface area contributed by atoms with Crippen molar-refractivity contribution in [2.45, 2.75) is 20.4 Å². The summed E-state index contributed by atoms with van der Waals surface area (Å²) in [6.07, 6.45) is 1.80. The highest BCUT2D eigenvalue weighted by molar-refractivity contribution is 6.17. The number of hydrogen-bond acceptors (Lipinski definition) is 3. The van der Waals surface area contributed by atoms with Crippen molar-refractivity contribution < 1.29 is 14.3 Å². The summed E-state index contributed by atoms with van der Waals surface area (Å²) in [5.74, 6) is -0.694. The van der Waals surface area contributed by atoms with E-state index in [0.717, 1.165) is 27.5 Å². The van der Waals surface area contributed by atoms with E-state index in [1.807, 2.05) is 73.7 Å². The molecule has 0 aliphatic carbocycles. The summed E-state index contributed by atoms with van der Waals surface area (Å²) in [4.78, 5) is 27.6. The Bertz CT molecular complexity index is 1200. The first-order valence-corrected chi connectivity index (χ1v) is 9.86. The molecule has 30 heavy (non-hydrogen) atoms. The molecule has 4 heteroatoms. The van der Waals surface area contributed by atoms with Crippen LogP contribution in [0.3, 0.4) is 0 Å². The molecule has 0 fully saturated rings. The van der Waals surface area contributed by atoms with Crippen molar-refractivity contribution in [2.24, 2.45) is 0 Å². The molecule has 0 atom stereocenters. The number of fused-ring (bicyclic) bond motifs is 1. The molecule has 4 rings (SSSR count). The van der Waals surface area contributed by atoms with Crippen molar-refractivity contribution in [1.82, 2.24) is 4.90 Å². The monoisotopic (exact) mass is 397 g/mol. The summed E-state index contributed by atoms with van der Waals surface area (Å²) >= 11 is 0. The highest BCUT2D eigenvalue weighted by atomic mass is 16.5. The van der Waals surface area contributed by atoms with Crippen molar-refractivity contribution in [1.29, 1.82) is 0 Å². The van der Waals surface area contributed by atoms with E-state index in [1.54, 1.807) is 17.9 Å². The van der Waals surface area contributed by atoms with E-state index in [9.17, 15) is 9.59 Å². The molecular formula is C26H23NO3. The van der Waals surface area contributed by atoms with Gasteiger partial charge < -0.3 is 9.64 Å². The van der Waals surface area contributed by atoms with Crippen LogP contribution in [0.5, 0.6) is 0 Å². The lowest BCUT2D eigenvalue weighted by atomic mass is 9.99. The van der Waals surface area contributed by atoms with Crippen LogP contribution in [0.1, 0.15) is 23.6 Å². The fourth-order valence-corrected chi connectivity index (χ4v) is 3.83. The van der Waals surface area contributed by atoms with E-state index in [2.05, 4.69) is 0 Å². The van der Waals surface area contributed by atoms with Gasteiger partial charge in [0.2, 0.25) is 0 Å². The van der Waals surface area contributed by atoms with Gasteiger partial charge in [-0.05, 0) is 41.8 Å². The van der Waals surface area contributed by atoms with E-state index >= 15 is 0 Å². The molecule has 0 aromatic heterocycles. The molecule has 0 saturated carbocycles. The van der Waals surface area contributed by atoms with Gasteiger partial charge in [-0.15, -0.1) is 0 Å². The molecule has 3 aromatic rings. The standard InChI is InChI=1S/C26H23NO3/c1-17-11-13-19(14-12-17)16-27-18(2)24(26(29)30-3)23(25(27)28)15-21-9-6-8-20-7-4-5-10-22(20)21/h4-15H,16H2,1-3H3/b23-15-. The maximum atomic E-state index is 13.4. The van der Waals surface area contributed by atoms with Crippen molar-refractivity contribution >= 4 is 28.7 Å². The SMILES string of the molecule is COC(=O)C1=C(C)N(Cc2ccc(C)cc2)C(=O)/C1=C\c1cccc2ccccc12. The first kappa shape index (κ1) is 19.6. The normalized spacial score (nSPS) is 15.4. The summed E-state index contributed by atoms with van der Waals surface area (Å²) in [5.41, 5.74) is 4.35. The van der Waals surface area contributed by atoms with Gasteiger partial charge in [-0.3, -0.25) is 4.79 Å². The number of ether oxygens (including phenoxy) is 1. The quantitative estimate of drug-likeness (QED) is 0.459. The van der Waals surface area contributed by atoms with Crippen molar-refractivity contribution in [3.8, 4) is 0 Å². The Morgan fingerprint density at radius 3 is 2.40 bits per heavy atom. The molecule has 0 N–H and O–H groups in total. The Morgan fingerprint density at radius 2 is 1.67 bits per heavy atom. The molecule has 1 aliphatic rings. The van der Waals surface area contributed by atoms with Gasteiger partial charge in [0.25, 0.3) is 5.91 Å². The third-order valence-corrected chi connectivity index (χ3v) is 5.49. The van der Waals surface area contributed by atoms with Crippen LogP contribution in [0.15, 0.2) is 83.6 Å². The van der Waals surface area contributed by atoms with Crippen LogP contribution in [0.4, 0.5) is 0 Å². The number of amides is 1. The van der Waals surface area contributed by atoms with E-state index in [-0.39, 0.29) is 5.91 Å². The molecule has 3 aromatic carbocycles. The summed E-state index contributed by atoms with van der Waals surface area (Å²) in [5, 5.41) is 2.10. The lowest BCUT2D eigenvalue weighted by Gasteiger charge is -2.18. The smallest absolute Gasteiger partial charge is 0.340 e. The molecule has 0 spiro atoms. The van der Waals surface area contributed by atoms with Crippen LogP contribution in [0, 0.1) is 6.92 Å². The predicted molar refractivity (Wildman–Crippen MR) is 118 cm³/mol. The number of hydrogen-bond donors (Lipinski definition) is 0. The van der Waals surface area contributed by atoms with E-state index in [1.165, 1.54) is 7.11 Å². The zero-order chi connectivity index (χ0) is 21.3. The van der Waals surface area contributed by atoms with Gasteiger partial charge in [-0.25, -0.2) is 4.79 Å². The van der Waals surface area contributed by atoms with Crippen molar-refractivity contribution in [3.63, 3.8) is 0 Å². The Balaban J connectivity index is 1.80. The van der Waals surface area contributed by atoms with Gasteiger partial charge in [-0.1, -0.05) is 72.3 Å². The topological polar surface area (TPSA) is 46.6 Å². The maximum absolute atomic E-state index is 13.4. The largest absolute Gasteiger partial charge is 0.465 e. The fourth-order valence-electron chi connectivity index (χ4n) is 3.83. The average molecular weight is 397 g/mol. The minimum absolute atomic E-state index is 0.193. The molecule has 1 amide bonds. The van der Waals surface area contributed by atoms with Gasteiger partial charge in [0.05, 0.1) is 24.8 Å². The highest BCUT2D eigenvalue weighted by Crippen LogP contribution is 2.34. The lowest BCUT2D eigenvalue weighted by Crippen LogP contribution is -2.24. The minimum atomic E-state index is -0.501. The summed E-state index contributed by atoms with van der Waals surface area (Å²) in [6, 6.07) is 22.0. The van der Waals surface area contributed by atoms with Gasteiger partial charge in [0, 0.05) is 5.70 Å². The van der Waals surface area contributed by atoms with Crippen molar-refractivity contribution in [3.05, 3.63) is 100 Å². The average Bonchev–Trinajstić information content (AvgIpc) is 2.99. The zero-order valence-electron chi connectivity index (χ0n) is 17.3. The molecule has 4 nitrogen and oxygen atoms in total. The summed E-state index contributed by atoms with van der Waals surface area (Å²) in [7, 11) is 1.34. The van der Waals surface area contributed by atoms with Gasteiger partial charge >= 0.3 is 5.97 Å². The molecular weight excluding hydrogens is 374 g/mol. The molecule has 150 valence electrons. The Morgan fingerprint density at radius 1 is 0.967 bits per heavy atom. The van der Waals surface area contributed by atoms with Gasteiger partial charge in [0.15, 0.2) is 0 Å². The Kier molecular flexibility index (Phi) is 5.23. The molecule has 0 radical (unpaired) electrons. The number of allylic oxidation sites excluding steroid dienone is 1. The predicted octanol–water partition coefficient (Wildman–Crippen LogP) is 5.02. The molecule has 0 saturated heterocycles. The van der Waals surface area contributed by atoms with Crippen molar-refractivity contribution in [2.75, 3.05) is 7.11 Å². The highest BCUT2D eigenvalue weighted by Gasteiger charge is 2.37. The number of nitrogens with zero attached hydrogens (tertiary/aromatic N) is 1. The number of carbonyl (C=O) groups is 2. The second-order valence-electron chi connectivity index (χ2n) is 7.46. The van der Waals surface area contributed by atoms with E-state index in [0.29, 0.717) is 23.4 Å². The molecule has 0 unspecified atom stereocenters. The molecule has 1 aliphatic heterocycles. The number of carbonyl (C=O) groups excluding carboxylic acids is 2. The second kappa shape index (κ2) is 7.99. The maximum Gasteiger partial charge on any atom is 0.340 e. The van der Waals surface area contributed by atoms with E-state index < -0.39 is 5.97 Å². The lowest BCUT2D eigenvalue weighted by molar-refractivity contribution is -0.136. The molecule has 0 bridgehead atoms. The summed E-state index contributed by atoms with van der Waals surface area (Å²) < 4.78 is 5.01. The zero-order valence-corrected chi connectivity index (χ0v) is 17.3. The first-order valence-electron chi connectivity index (χ1n) is 9.86. The van der Waals surface area contributed by atoms with Gasteiger partial charge in [-0.2, -0.15) is 0 Å². The number of aryl methyl sites for hydroxylation is 1. The third kappa shape index (κ3) is 3.52. The number of methoxy groups -OCH3 is 1. The van der Waals surface area contributed by atoms with Crippen LogP contribution >= 0.6 is 0 Å². The van der Waals surface area contributed by atoms with Gasteiger partial charge in [0.1, 0.15) is 0 Å². The third-order valence-electron chi connectivity index (χ3n) is 5.49. The number of esters is 1. The Labute approximate surface area is 176 Å². The molecule has 1 heterocycles. The summed E-state index contributed by atoms with van der Waals surface area (Å²) in [6.45, 7) is 4.22. The van der Waals surface area contributed by atoms with Crippen LogP contribution in [-0.4, -0.2) is 23.9 Å². The fraction of sp³-hybridized carbons (Fsp3) is 0.154. The van der Waals surface area contributed by atoms with Crippen LogP contribution in [0.2, 0.25) is 0 Å². The second-order valence-corrected chi connectivity index (χ2v) is 7.46. The number of rotatable bonds is 4. The van der Waals surface area contributed by atoms with Crippen LogP contribution < -0.4 is 0 Å². The van der Waals surface area contributed by atoms with Crippen LogP contribution in [0.25, 0.3) is 16.8 Å².